The maximum atomic E-state index is 13.4. The van der Waals surface area contributed by atoms with Gasteiger partial charge < -0.3 is 10.2 Å². The van der Waals surface area contributed by atoms with Crippen LogP contribution in [0.5, 0.6) is 0 Å². The van der Waals surface area contributed by atoms with Crippen LogP contribution in [0.15, 0.2) is 84.9 Å². The zero-order valence-electron chi connectivity index (χ0n) is 13.7. The van der Waals surface area contributed by atoms with Gasteiger partial charge in [0.1, 0.15) is 5.82 Å². The predicted octanol–water partition coefficient (Wildman–Crippen LogP) is 5.22. The van der Waals surface area contributed by atoms with Crippen LogP contribution in [0.3, 0.4) is 0 Å². The molecule has 3 aromatic rings. The highest BCUT2D eigenvalue weighted by Gasteiger charge is 2.12. The molecule has 0 amide bonds. The van der Waals surface area contributed by atoms with Crippen molar-refractivity contribution in [2.75, 3.05) is 5.32 Å². The number of anilines is 1. The quantitative estimate of drug-likeness (QED) is 0.635. The van der Waals surface area contributed by atoms with E-state index < -0.39 is 0 Å². The summed E-state index contributed by atoms with van der Waals surface area (Å²) in [4.78, 5) is 2.07. The monoisotopic (exact) mass is 350 g/mol. The van der Waals surface area contributed by atoms with Gasteiger partial charge in [0.15, 0.2) is 5.11 Å². The molecule has 0 fully saturated rings. The molecule has 4 heteroatoms. The maximum absolute atomic E-state index is 13.4. The van der Waals surface area contributed by atoms with E-state index in [0.29, 0.717) is 23.9 Å². The Morgan fingerprint density at radius 3 is 1.88 bits per heavy atom. The van der Waals surface area contributed by atoms with E-state index in [2.05, 4.69) is 34.5 Å². The fraction of sp³-hybridized carbons (Fsp3) is 0.0952. The molecule has 0 bridgehead atoms. The average molecular weight is 350 g/mol. The summed E-state index contributed by atoms with van der Waals surface area (Å²) in [5, 5.41) is 3.71. The van der Waals surface area contributed by atoms with Crippen molar-refractivity contribution in [3.05, 3.63) is 102 Å². The minimum absolute atomic E-state index is 0.287. The molecule has 0 aliphatic carbocycles. The second-order valence-electron chi connectivity index (χ2n) is 5.77. The topological polar surface area (TPSA) is 15.3 Å². The predicted molar refractivity (Wildman–Crippen MR) is 105 cm³/mol. The van der Waals surface area contributed by atoms with Gasteiger partial charge in [-0.25, -0.2) is 4.39 Å². The summed E-state index contributed by atoms with van der Waals surface area (Å²) in [5.41, 5.74) is 2.99. The molecule has 0 saturated carbocycles. The standard InChI is InChI=1S/C21H19FN2S/c22-19-12-7-13-20(14-19)23-21(25)24(15-17-8-3-1-4-9-17)16-18-10-5-2-6-11-18/h1-14H,15-16H2,(H,23,25). The Labute approximate surface area is 152 Å². The molecule has 0 unspecified atom stereocenters. The third-order valence-corrected chi connectivity index (χ3v) is 4.16. The first kappa shape index (κ1) is 17.1. The summed E-state index contributed by atoms with van der Waals surface area (Å²) in [5.74, 6) is -0.287. The van der Waals surface area contributed by atoms with Crippen LogP contribution in [0, 0.1) is 5.82 Å². The lowest BCUT2D eigenvalue weighted by atomic mass is 10.2. The number of thiocarbonyl (C=S) groups is 1. The maximum Gasteiger partial charge on any atom is 0.174 e. The van der Waals surface area contributed by atoms with Crippen LogP contribution in [0.25, 0.3) is 0 Å². The lowest BCUT2D eigenvalue weighted by molar-refractivity contribution is 0.413. The Bertz CT molecular complexity index is 780. The second kappa shape index (κ2) is 8.40. The van der Waals surface area contributed by atoms with Crippen molar-refractivity contribution in [3.8, 4) is 0 Å². The number of nitrogens with zero attached hydrogens (tertiary/aromatic N) is 1. The Morgan fingerprint density at radius 2 is 1.36 bits per heavy atom. The highest BCUT2D eigenvalue weighted by molar-refractivity contribution is 7.80. The summed E-state index contributed by atoms with van der Waals surface area (Å²) in [7, 11) is 0. The third kappa shape index (κ3) is 5.13. The van der Waals surface area contributed by atoms with Gasteiger partial charge in [0.2, 0.25) is 0 Å². The van der Waals surface area contributed by atoms with Crippen LogP contribution in [0.2, 0.25) is 0 Å². The highest BCUT2D eigenvalue weighted by Crippen LogP contribution is 2.14. The minimum atomic E-state index is -0.287. The fourth-order valence-electron chi connectivity index (χ4n) is 2.58. The highest BCUT2D eigenvalue weighted by atomic mass is 32.1. The zero-order chi connectivity index (χ0) is 17.5. The summed E-state index contributed by atoms with van der Waals surface area (Å²) < 4.78 is 13.4. The van der Waals surface area contributed by atoms with E-state index >= 15 is 0 Å². The number of hydrogen-bond donors (Lipinski definition) is 1. The van der Waals surface area contributed by atoms with Crippen LogP contribution in [0.1, 0.15) is 11.1 Å². The summed E-state index contributed by atoms with van der Waals surface area (Å²) in [6.07, 6.45) is 0. The summed E-state index contributed by atoms with van der Waals surface area (Å²) in [6, 6.07) is 26.7. The van der Waals surface area contributed by atoms with E-state index in [4.69, 9.17) is 12.2 Å². The molecule has 3 rings (SSSR count). The molecule has 126 valence electrons. The first-order valence-corrected chi connectivity index (χ1v) is 8.51. The van der Waals surface area contributed by atoms with Gasteiger partial charge in [-0.2, -0.15) is 0 Å². The molecule has 0 saturated heterocycles. The van der Waals surface area contributed by atoms with Gasteiger partial charge in [-0.1, -0.05) is 66.7 Å². The first-order valence-electron chi connectivity index (χ1n) is 8.10. The van der Waals surface area contributed by atoms with Gasteiger partial charge in [0.25, 0.3) is 0 Å². The molecule has 0 aromatic heterocycles. The van der Waals surface area contributed by atoms with E-state index in [0.717, 1.165) is 0 Å². The van der Waals surface area contributed by atoms with Gasteiger partial charge >= 0.3 is 0 Å². The first-order chi connectivity index (χ1) is 12.2. The van der Waals surface area contributed by atoms with Crippen molar-refractivity contribution < 1.29 is 4.39 Å². The van der Waals surface area contributed by atoms with E-state index in [9.17, 15) is 4.39 Å². The Morgan fingerprint density at radius 1 is 0.800 bits per heavy atom. The van der Waals surface area contributed by atoms with Crippen molar-refractivity contribution in [2.24, 2.45) is 0 Å². The molecular weight excluding hydrogens is 331 g/mol. The van der Waals surface area contributed by atoms with E-state index in [1.807, 2.05) is 36.4 Å². The van der Waals surface area contributed by atoms with Gasteiger partial charge in [-0.15, -0.1) is 0 Å². The van der Waals surface area contributed by atoms with Gasteiger partial charge in [0, 0.05) is 18.8 Å². The third-order valence-electron chi connectivity index (χ3n) is 3.80. The second-order valence-corrected chi connectivity index (χ2v) is 6.15. The molecule has 2 nitrogen and oxygen atoms in total. The van der Waals surface area contributed by atoms with Gasteiger partial charge in [0.05, 0.1) is 0 Å². The van der Waals surface area contributed by atoms with Crippen molar-refractivity contribution in [1.29, 1.82) is 0 Å². The van der Waals surface area contributed by atoms with Crippen LogP contribution in [-0.2, 0) is 13.1 Å². The van der Waals surface area contributed by atoms with Crippen LogP contribution >= 0.6 is 12.2 Å². The average Bonchev–Trinajstić information content (AvgIpc) is 2.63. The van der Waals surface area contributed by atoms with Crippen LogP contribution in [0.4, 0.5) is 10.1 Å². The lowest BCUT2D eigenvalue weighted by Gasteiger charge is -2.26. The Balaban J connectivity index is 1.78. The van der Waals surface area contributed by atoms with Gasteiger partial charge in [-0.3, -0.25) is 0 Å². The Hall–Kier alpha value is -2.72. The molecule has 0 radical (unpaired) electrons. The smallest absolute Gasteiger partial charge is 0.174 e. The van der Waals surface area contributed by atoms with Gasteiger partial charge in [-0.05, 0) is 41.5 Å². The van der Waals surface area contributed by atoms with Crippen molar-refractivity contribution in [1.82, 2.24) is 4.90 Å². The fourth-order valence-corrected chi connectivity index (χ4v) is 2.82. The molecule has 25 heavy (non-hydrogen) atoms. The molecule has 0 aliphatic heterocycles. The van der Waals surface area contributed by atoms with Crippen molar-refractivity contribution in [3.63, 3.8) is 0 Å². The summed E-state index contributed by atoms with van der Waals surface area (Å²) >= 11 is 5.59. The van der Waals surface area contributed by atoms with E-state index in [-0.39, 0.29) is 5.82 Å². The Kier molecular flexibility index (Phi) is 5.75. The molecule has 3 aromatic carbocycles. The normalized spacial score (nSPS) is 10.3. The minimum Gasteiger partial charge on any atom is -0.340 e. The number of halogens is 1. The van der Waals surface area contributed by atoms with Crippen LogP contribution in [-0.4, -0.2) is 10.0 Å². The molecule has 0 heterocycles. The van der Waals surface area contributed by atoms with Crippen LogP contribution < -0.4 is 5.32 Å². The van der Waals surface area contributed by atoms with E-state index in [1.165, 1.54) is 23.3 Å². The zero-order valence-corrected chi connectivity index (χ0v) is 14.5. The summed E-state index contributed by atoms with van der Waals surface area (Å²) in [6.45, 7) is 1.35. The molecule has 1 N–H and O–H groups in total. The van der Waals surface area contributed by atoms with E-state index in [1.54, 1.807) is 12.1 Å². The SMILES string of the molecule is Fc1cccc(NC(=S)N(Cc2ccccc2)Cc2ccccc2)c1. The molecule has 0 aliphatic rings. The molecule has 0 spiro atoms. The lowest BCUT2D eigenvalue weighted by Crippen LogP contribution is -2.33. The molecular formula is C21H19FN2S. The number of rotatable bonds is 5. The number of nitrogens with one attached hydrogen (secondary N) is 1. The van der Waals surface area contributed by atoms with Crippen molar-refractivity contribution >= 4 is 23.0 Å². The van der Waals surface area contributed by atoms with Crippen molar-refractivity contribution in [2.45, 2.75) is 13.1 Å². The number of hydrogen-bond acceptors (Lipinski definition) is 1. The largest absolute Gasteiger partial charge is 0.340 e. The molecule has 0 atom stereocenters. The number of benzene rings is 3.